The first kappa shape index (κ1) is 26.3. The molecule has 2 saturated heterocycles. The average molecular weight is 568 g/mol. The molecule has 3 aliphatic heterocycles. The number of carbonyl (C=O) groups is 4. The predicted molar refractivity (Wildman–Crippen MR) is 150 cm³/mol. The number of Topliss-reactive ketones (excluding diaryl/α,β-unsaturated/α-hetero) is 2. The standard InChI is InChI=1S/C31H22ClN3O6/c1-17-15-22(35(40)41)11-12-23(17)34-30(38)25-24-16-20(28(36)18-5-3-2-4-6-18)13-14-33(24)27(26(25)31(34)39)29(37)19-7-9-21(32)10-8-19/h2-16,24-27H,1H3/t24-,25-,26-,27+/m1/s1. The van der Waals surface area contributed by atoms with Crippen LogP contribution in [0.3, 0.4) is 0 Å². The van der Waals surface area contributed by atoms with Gasteiger partial charge in [0.2, 0.25) is 11.8 Å². The lowest BCUT2D eigenvalue weighted by Gasteiger charge is -2.33. The number of nitro groups is 1. The zero-order valence-electron chi connectivity index (χ0n) is 21.6. The number of benzene rings is 3. The van der Waals surface area contributed by atoms with Gasteiger partial charge in [-0.25, -0.2) is 4.90 Å². The fraction of sp³-hybridized carbons (Fsp3) is 0.161. The number of hydrogen-bond acceptors (Lipinski definition) is 7. The number of aryl methyl sites for hydroxylation is 1. The number of carbonyl (C=O) groups excluding carboxylic acids is 4. The summed E-state index contributed by atoms with van der Waals surface area (Å²) in [5.74, 6) is -3.71. The molecule has 0 unspecified atom stereocenters. The topological polar surface area (TPSA) is 118 Å². The van der Waals surface area contributed by atoms with Crippen molar-refractivity contribution in [1.82, 2.24) is 4.90 Å². The summed E-state index contributed by atoms with van der Waals surface area (Å²) in [4.78, 5) is 68.6. The van der Waals surface area contributed by atoms with E-state index in [1.807, 2.05) is 0 Å². The maximum absolute atomic E-state index is 14.0. The summed E-state index contributed by atoms with van der Waals surface area (Å²) >= 11 is 6.03. The lowest BCUT2D eigenvalue weighted by Crippen LogP contribution is -2.46. The van der Waals surface area contributed by atoms with Crippen LogP contribution in [0.2, 0.25) is 5.02 Å². The second kappa shape index (κ2) is 9.94. The van der Waals surface area contributed by atoms with Gasteiger partial charge in [-0.15, -0.1) is 0 Å². The maximum atomic E-state index is 14.0. The van der Waals surface area contributed by atoms with Crippen molar-refractivity contribution in [2.75, 3.05) is 4.90 Å². The summed E-state index contributed by atoms with van der Waals surface area (Å²) in [6.45, 7) is 1.58. The van der Waals surface area contributed by atoms with E-state index in [1.54, 1.807) is 84.8 Å². The highest BCUT2D eigenvalue weighted by molar-refractivity contribution is 6.30. The minimum absolute atomic E-state index is 0.170. The molecule has 0 spiro atoms. The van der Waals surface area contributed by atoms with Gasteiger partial charge in [-0.3, -0.25) is 29.3 Å². The van der Waals surface area contributed by atoms with E-state index < -0.39 is 40.7 Å². The van der Waals surface area contributed by atoms with Crippen molar-refractivity contribution in [1.29, 1.82) is 0 Å². The van der Waals surface area contributed by atoms with Gasteiger partial charge in [0.15, 0.2) is 11.6 Å². The molecular weight excluding hydrogens is 546 g/mol. The highest BCUT2D eigenvalue weighted by Crippen LogP contribution is 2.47. The van der Waals surface area contributed by atoms with E-state index in [0.717, 1.165) is 4.90 Å². The fourth-order valence-electron chi connectivity index (χ4n) is 5.98. The number of imide groups is 1. The molecule has 3 aromatic rings. The molecule has 204 valence electrons. The van der Waals surface area contributed by atoms with Gasteiger partial charge < -0.3 is 4.90 Å². The van der Waals surface area contributed by atoms with Crippen LogP contribution in [0, 0.1) is 28.9 Å². The molecule has 10 heteroatoms. The summed E-state index contributed by atoms with van der Waals surface area (Å²) in [6.07, 6.45) is 4.86. The zero-order valence-corrected chi connectivity index (χ0v) is 22.4. The lowest BCUT2D eigenvalue weighted by molar-refractivity contribution is -0.384. The fourth-order valence-corrected chi connectivity index (χ4v) is 6.11. The van der Waals surface area contributed by atoms with E-state index in [9.17, 15) is 29.3 Å². The number of fused-ring (bicyclic) bond motifs is 3. The summed E-state index contributed by atoms with van der Waals surface area (Å²) < 4.78 is 0. The molecule has 6 rings (SSSR count). The molecule has 2 fully saturated rings. The third-order valence-electron chi connectivity index (χ3n) is 7.88. The second-order valence-corrected chi connectivity index (χ2v) is 10.6. The highest BCUT2D eigenvalue weighted by atomic mass is 35.5. The Bertz CT molecular complexity index is 1700. The van der Waals surface area contributed by atoms with Crippen LogP contribution in [-0.4, -0.2) is 45.3 Å². The summed E-state index contributed by atoms with van der Waals surface area (Å²) in [7, 11) is 0. The van der Waals surface area contributed by atoms with E-state index in [1.165, 1.54) is 18.2 Å². The molecule has 9 nitrogen and oxygen atoms in total. The largest absolute Gasteiger partial charge is 0.359 e. The molecule has 0 saturated carbocycles. The molecule has 41 heavy (non-hydrogen) atoms. The van der Waals surface area contributed by atoms with Gasteiger partial charge in [0.05, 0.1) is 28.5 Å². The quantitative estimate of drug-likeness (QED) is 0.179. The molecule has 4 atom stereocenters. The Balaban J connectivity index is 1.44. The molecule has 0 N–H and O–H groups in total. The van der Waals surface area contributed by atoms with Crippen LogP contribution in [0.4, 0.5) is 11.4 Å². The Morgan fingerprint density at radius 3 is 2.24 bits per heavy atom. The van der Waals surface area contributed by atoms with Gasteiger partial charge in [-0.1, -0.05) is 48.0 Å². The van der Waals surface area contributed by atoms with Crippen molar-refractivity contribution in [3.63, 3.8) is 0 Å². The first-order valence-electron chi connectivity index (χ1n) is 12.9. The molecule has 0 aliphatic carbocycles. The molecule has 3 aliphatic rings. The molecule has 3 aromatic carbocycles. The van der Waals surface area contributed by atoms with Crippen LogP contribution in [0.15, 0.2) is 96.7 Å². The Morgan fingerprint density at radius 2 is 1.59 bits per heavy atom. The Morgan fingerprint density at radius 1 is 0.902 bits per heavy atom. The van der Waals surface area contributed by atoms with E-state index >= 15 is 0 Å². The first-order valence-corrected chi connectivity index (χ1v) is 13.2. The van der Waals surface area contributed by atoms with Crippen molar-refractivity contribution in [2.45, 2.75) is 19.0 Å². The number of ketones is 2. The summed E-state index contributed by atoms with van der Waals surface area (Å²) in [5.41, 5.74) is 1.57. The average Bonchev–Trinajstić information content (AvgIpc) is 3.44. The molecular formula is C31H22ClN3O6. The molecule has 0 aromatic heterocycles. The predicted octanol–water partition coefficient (Wildman–Crippen LogP) is 4.93. The number of anilines is 1. The van der Waals surface area contributed by atoms with Gasteiger partial charge in [0, 0.05) is 40.1 Å². The number of nitro benzene ring substituents is 1. The Kier molecular flexibility index (Phi) is 6.38. The van der Waals surface area contributed by atoms with Crippen molar-refractivity contribution < 1.29 is 24.1 Å². The van der Waals surface area contributed by atoms with Crippen molar-refractivity contribution in [3.8, 4) is 0 Å². The number of halogens is 1. The SMILES string of the molecule is Cc1cc([N+](=O)[O-])ccc1N1C(=O)[C@@H]2[C@H](C1=O)[C@H]1C=C(C(=O)c3ccccc3)C=CN1[C@@H]2C(=O)c1ccc(Cl)cc1. The van der Waals surface area contributed by atoms with Crippen LogP contribution in [-0.2, 0) is 9.59 Å². The number of rotatable bonds is 6. The van der Waals surface area contributed by atoms with Crippen LogP contribution < -0.4 is 4.90 Å². The Labute approximate surface area is 239 Å². The molecule has 0 bridgehead atoms. The molecule has 0 radical (unpaired) electrons. The summed E-state index contributed by atoms with van der Waals surface area (Å²) in [6, 6.07) is 17.1. The van der Waals surface area contributed by atoms with Crippen LogP contribution in [0.1, 0.15) is 26.3 Å². The van der Waals surface area contributed by atoms with Gasteiger partial charge in [0.1, 0.15) is 6.04 Å². The minimum Gasteiger partial charge on any atom is -0.359 e. The van der Waals surface area contributed by atoms with E-state index in [4.69, 9.17) is 11.6 Å². The maximum Gasteiger partial charge on any atom is 0.269 e. The van der Waals surface area contributed by atoms with Crippen LogP contribution >= 0.6 is 11.6 Å². The van der Waals surface area contributed by atoms with Crippen LogP contribution in [0.5, 0.6) is 0 Å². The van der Waals surface area contributed by atoms with Crippen molar-refractivity contribution in [3.05, 3.63) is 129 Å². The van der Waals surface area contributed by atoms with Gasteiger partial charge in [-0.05, 0) is 48.9 Å². The van der Waals surface area contributed by atoms with Gasteiger partial charge >= 0.3 is 0 Å². The second-order valence-electron chi connectivity index (χ2n) is 10.2. The normalized spacial score (nSPS) is 22.8. The monoisotopic (exact) mass is 567 g/mol. The minimum atomic E-state index is -1.04. The van der Waals surface area contributed by atoms with Crippen molar-refractivity contribution >= 4 is 46.4 Å². The third kappa shape index (κ3) is 4.25. The molecule has 2 amide bonds. The smallest absolute Gasteiger partial charge is 0.269 e. The number of hydrogen-bond donors (Lipinski definition) is 0. The highest BCUT2D eigenvalue weighted by Gasteiger charge is 2.63. The first-order chi connectivity index (χ1) is 19.7. The lowest BCUT2D eigenvalue weighted by atomic mass is 9.85. The number of amides is 2. The number of non-ortho nitro benzene ring substituents is 1. The van der Waals surface area contributed by atoms with Crippen LogP contribution in [0.25, 0.3) is 0 Å². The van der Waals surface area contributed by atoms with E-state index in [-0.39, 0.29) is 22.9 Å². The van der Waals surface area contributed by atoms with E-state index in [0.29, 0.717) is 27.3 Å². The third-order valence-corrected chi connectivity index (χ3v) is 8.13. The van der Waals surface area contributed by atoms with Gasteiger partial charge in [0.25, 0.3) is 5.69 Å². The number of allylic oxidation sites excluding steroid dienone is 2. The van der Waals surface area contributed by atoms with Gasteiger partial charge in [-0.2, -0.15) is 0 Å². The molecule has 3 heterocycles. The Hall–Kier alpha value is -4.89. The van der Waals surface area contributed by atoms with E-state index in [2.05, 4.69) is 0 Å². The van der Waals surface area contributed by atoms with Crippen molar-refractivity contribution in [2.24, 2.45) is 11.8 Å². The summed E-state index contributed by atoms with van der Waals surface area (Å²) in [5, 5.41) is 11.7. The zero-order chi connectivity index (χ0) is 29.0. The number of nitrogens with zero attached hydrogens (tertiary/aromatic N) is 3.